The number of hydrogen-bond donors (Lipinski definition) is 1. The molecule has 2 aromatic rings. The average molecular weight is 511 g/mol. The Labute approximate surface area is 206 Å². The predicted molar refractivity (Wildman–Crippen MR) is 127 cm³/mol. The van der Waals surface area contributed by atoms with Gasteiger partial charge in [-0.15, -0.1) is 0 Å². The highest BCUT2D eigenvalue weighted by Gasteiger charge is 2.58. The zero-order valence-electron chi connectivity index (χ0n) is 20.3. The Morgan fingerprint density at radius 2 is 1.66 bits per heavy atom. The van der Waals surface area contributed by atoms with E-state index >= 15 is 0 Å². The molecule has 0 aliphatic heterocycles. The van der Waals surface area contributed by atoms with Crippen LogP contribution in [0.4, 0.5) is 13.2 Å². The third-order valence-electron chi connectivity index (χ3n) is 6.22. The van der Waals surface area contributed by atoms with Crippen LogP contribution in [0.1, 0.15) is 72.3 Å². The van der Waals surface area contributed by atoms with Crippen LogP contribution < -0.4 is 5.32 Å². The van der Waals surface area contributed by atoms with Crippen molar-refractivity contribution in [2.24, 2.45) is 11.3 Å². The quantitative estimate of drug-likeness (QED) is 0.434. The molecule has 0 aromatic heterocycles. The summed E-state index contributed by atoms with van der Waals surface area (Å²) in [5.74, 6) is -0.262. The highest BCUT2D eigenvalue weighted by Crippen LogP contribution is 2.49. The largest absolute Gasteiger partial charge is 0.772 e. The molecule has 1 N–H and O–H groups in total. The molecule has 192 valence electrons. The molecule has 1 saturated carbocycles. The fraction of sp³-hybridized carbons (Fsp3) is 0.500. The zero-order valence-corrected chi connectivity index (χ0v) is 21.1. The molecule has 1 amide bonds. The Balaban J connectivity index is 1.69. The summed E-state index contributed by atoms with van der Waals surface area (Å²) in [5, 5.41) is 2.24. The summed E-state index contributed by atoms with van der Waals surface area (Å²) >= 11 is -2.18. The topological polar surface area (TPSA) is 78.5 Å². The zero-order chi connectivity index (χ0) is 26.0. The van der Waals surface area contributed by atoms with E-state index in [1.807, 2.05) is 0 Å². The van der Waals surface area contributed by atoms with Crippen molar-refractivity contribution in [2.75, 3.05) is 7.11 Å². The number of rotatable bonds is 9. The van der Waals surface area contributed by atoms with Crippen molar-refractivity contribution in [1.29, 1.82) is 0 Å². The van der Waals surface area contributed by atoms with Crippen molar-refractivity contribution < 1.29 is 31.5 Å². The molecule has 0 saturated heterocycles. The van der Waals surface area contributed by atoms with Crippen molar-refractivity contribution in [3.63, 3.8) is 0 Å². The second-order valence-electron chi connectivity index (χ2n) is 10.3. The molecule has 0 heterocycles. The van der Waals surface area contributed by atoms with Crippen LogP contribution in [0.25, 0.3) is 0 Å². The first-order valence-electron chi connectivity index (χ1n) is 11.4. The Bertz CT molecular complexity index is 1040. The Kier molecular flexibility index (Phi) is 8.13. The molecule has 5 nitrogen and oxygen atoms in total. The number of carbonyl (C=O) groups excluding carboxylic acids is 1. The van der Waals surface area contributed by atoms with E-state index in [2.05, 4.69) is 5.32 Å². The third-order valence-corrected chi connectivity index (χ3v) is 7.29. The number of halogens is 3. The SMILES string of the molecule is COC(CC(C)(C)C)(c1ccc(C(=O)NCc2ccc(C(C3CC3)S(=O)[O-])cc2)cc1)C(F)(F)F. The summed E-state index contributed by atoms with van der Waals surface area (Å²) < 4.78 is 70.4. The van der Waals surface area contributed by atoms with E-state index in [1.165, 1.54) is 24.3 Å². The molecule has 35 heavy (non-hydrogen) atoms. The van der Waals surface area contributed by atoms with Gasteiger partial charge in [-0.25, -0.2) is 0 Å². The molecule has 0 bridgehead atoms. The van der Waals surface area contributed by atoms with Crippen molar-refractivity contribution in [1.82, 2.24) is 5.32 Å². The predicted octanol–water partition coefficient (Wildman–Crippen LogP) is 5.79. The summed E-state index contributed by atoms with van der Waals surface area (Å²) in [6.45, 7) is 5.34. The summed E-state index contributed by atoms with van der Waals surface area (Å²) in [6, 6.07) is 12.3. The van der Waals surface area contributed by atoms with Crippen LogP contribution >= 0.6 is 0 Å². The summed E-state index contributed by atoms with van der Waals surface area (Å²) in [5.41, 5.74) is -1.45. The standard InChI is InChI=1S/C26H32F3NO4S/c1-24(2,3)16-25(34-4,26(27,28)29)21-13-11-20(12-14-21)23(31)30-15-17-5-7-18(8-6-17)22(35(32)33)19-9-10-19/h5-8,11-14,19,22H,9-10,15-16H2,1-4H3,(H,30,31)(H,32,33)/p-1. The van der Waals surface area contributed by atoms with Crippen LogP contribution in [0, 0.1) is 11.3 Å². The van der Waals surface area contributed by atoms with Gasteiger partial charge in [0.15, 0.2) is 5.60 Å². The van der Waals surface area contributed by atoms with Gasteiger partial charge in [0.2, 0.25) is 0 Å². The second-order valence-corrected chi connectivity index (χ2v) is 11.3. The fourth-order valence-corrected chi connectivity index (χ4v) is 5.32. The molecule has 1 fully saturated rings. The van der Waals surface area contributed by atoms with E-state index in [0.29, 0.717) is 0 Å². The summed E-state index contributed by atoms with van der Waals surface area (Å²) in [7, 11) is 1.05. The van der Waals surface area contributed by atoms with E-state index in [1.54, 1.807) is 45.0 Å². The number of hydrogen-bond acceptors (Lipinski definition) is 4. The van der Waals surface area contributed by atoms with Crippen molar-refractivity contribution in [2.45, 2.75) is 63.6 Å². The van der Waals surface area contributed by atoms with Gasteiger partial charge in [0, 0.05) is 24.5 Å². The first-order valence-corrected chi connectivity index (χ1v) is 12.6. The van der Waals surface area contributed by atoms with E-state index in [9.17, 15) is 26.7 Å². The third kappa shape index (κ3) is 6.51. The Morgan fingerprint density at radius 1 is 1.09 bits per heavy atom. The first-order chi connectivity index (χ1) is 16.3. The monoisotopic (exact) mass is 510 g/mol. The van der Waals surface area contributed by atoms with Crippen LogP contribution in [-0.2, 0) is 28.0 Å². The number of alkyl halides is 3. The molecular formula is C26H31F3NO4S-. The normalized spacial score (nSPS) is 17.9. The first kappa shape index (κ1) is 27.4. The van der Waals surface area contributed by atoms with Gasteiger partial charge in [-0.1, -0.05) is 57.2 Å². The van der Waals surface area contributed by atoms with E-state index in [-0.39, 0.29) is 30.0 Å². The molecule has 0 spiro atoms. The lowest BCUT2D eigenvalue weighted by molar-refractivity contribution is -0.286. The Hall–Kier alpha value is -2.23. The molecule has 9 heteroatoms. The molecular weight excluding hydrogens is 479 g/mol. The van der Waals surface area contributed by atoms with Gasteiger partial charge in [-0.05, 0) is 70.5 Å². The second kappa shape index (κ2) is 10.4. The van der Waals surface area contributed by atoms with Crippen molar-refractivity contribution >= 4 is 17.0 Å². The maximum absolute atomic E-state index is 14.1. The van der Waals surface area contributed by atoms with Crippen LogP contribution in [0.5, 0.6) is 0 Å². The highest BCUT2D eigenvalue weighted by atomic mass is 32.2. The van der Waals surface area contributed by atoms with Crippen LogP contribution in [0.3, 0.4) is 0 Å². The molecule has 1 aliphatic carbocycles. The van der Waals surface area contributed by atoms with Gasteiger partial charge in [0.25, 0.3) is 5.91 Å². The minimum absolute atomic E-state index is 0.0597. The smallest absolute Gasteiger partial charge is 0.421 e. The minimum Gasteiger partial charge on any atom is -0.772 e. The summed E-state index contributed by atoms with van der Waals surface area (Å²) in [6.07, 6.45) is -3.11. The summed E-state index contributed by atoms with van der Waals surface area (Å²) in [4.78, 5) is 12.6. The van der Waals surface area contributed by atoms with Gasteiger partial charge < -0.3 is 14.6 Å². The number of amides is 1. The van der Waals surface area contributed by atoms with Crippen LogP contribution in [0.15, 0.2) is 48.5 Å². The van der Waals surface area contributed by atoms with Gasteiger partial charge >= 0.3 is 6.18 Å². The molecule has 3 atom stereocenters. The molecule has 3 unspecified atom stereocenters. The van der Waals surface area contributed by atoms with Gasteiger partial charge in [-0.3, -0.25) is 9.00 Å². The molecule has 1 aliphatic rings. The lowest BCUT2D eigenvalue weighted by atomic mass is 9.77. The van der Waals surface area contributed by atoms with Crippen molar-refractivity contribution in [3.05, 3.63) is 70.8 Å². The van der Waals surface area contributed by atoms with Crippen LogP contribution in [0.2, 0.25) is 0 Å². The number of nitrogens with one attached hydrogen (secondary N) is 1. The van der Waals surface area contributed by atoms with Gasteiger partial charge in [-0.2, -0.15) is 13.2 Å². The Morgan fingerprint density at radius 3 is 2.09 bits per heavy atom. The van der Waals surface area contributed by atoms with Gasteiger partial charge in [0.05, 0.1) is 0 Å². The lowest BCUT2D eigenvalue weighted by Gasteiger charge is -2.39. The van der Waals surface area contributed by atoms with E-state index in [0.717, 1.165) is 31.1 Å². The maximum Gasteiger partial charge on any atom is 0.421 e. The molecule has 0 radical (unpaired) electrons. The number of benzene rings is 2. The van der Waals surface area contributed by atoms with E-state index in [4.69, 9.17) is 4.74 Å². The van der Waals surface area contributed by atoms with E-state index < -0.39 is 39.4 Å². The molecule has 3 rings (SSSR count). The highest BCUT2D eigenvalue weighted by molar-refractivity contribution is 7.79. The maximum atomic E-state index is 14.1. The van der Waals surface area contributed by atoms with Crippen LogP contribution in [-0.4, -0.2) is 28.0 Å². The number of methoxy groups -OCH3 is 1. The number of carbonyl (C=O) groups is 1. The minimum atomic E-state index is -4.64. The van der Waals surface area contributed by atoms with Crippen molar-refractivity contribution in [3.8, 4) is 0 Å². The van der Waals surface area contributed by atoms with Gasteiger partial charge in [0.1, 0.15) is 0 Å². The average Bonchev–Trinajstić information content (AvgIpc) is 3.60. The fourth-order valence-electron chi connectivity index (χ4n) is 4.36. The lowest BCUT2D eigenvalue weighted by Crippen LogP contribution is -2.46. The number of ether oxygens (including phenoxy) is 1. The molecule has 2 aromatic carbocycles.